The quantitative estimate of drug-likeness (QED) is 0.444. The number of aromatic amines is 1. The molecular formula is C20H16Cl2N4O4. The van der Waals surface area contributed by atoms with Crippen LogP contribution in [0.15, 0.2) is 52.4 Å². The number of methoxy groups -OCH3 is 2. The van der Waals surface area contributed by atoms with Crippen molar-refractivity contribution in [2.45, 2.75) is 0 Å². The van der Waals surface area contributed by atoms with Crippen LogP contribution in [-0.2, 0) is 0 Å². The lowest BCUT2D eigenvalue weighted by Gasteiger charge is -2.12. The maximum absolute atomic E-state index is 12.4. The van der Waals surface area contributed by atoms with Crippen LogP contribution in [0.5, 0.6) is 11.5 Å². The van der Waals surface area contributed by atoms with E-state index in [1.165, 1.54) is 32.6 Å². The summed E-state index contributed by atoms with van der Waals surface area (Å²) >= 11 is 12.4. The Labute approximate surface area is 181 Å². The van der Waals surface area contributed by atoms with E-state index in [9.17, 15) is 9.59 Å². The molecule has 0 fully saturated rings. The number of H-pyrrole nitrogens is 1. The molecule has 8 nitrogen and oxygen atoms in total. The molecule has 0 unspecified atom stereocenters. The van der Waals surface area contributed by atoms with Crippen molar-refractivity contribution in [3.8, 4) is 22.8 Å². The number of ether oxygens (including phenoxy) is 2. The van der Waals surface area contributed by atoms with Gasteiger partial charge in [0, 0.05) is 11.1 Å². The van der Waals surface area contributed by atoms with Gasteiger partial charge < -0.3 is 14.5 Å². The Kier molecular flexibility index (Phi) is 6.71. The van der Waals surface area contributed by atoms with Gasteiger partial charge in [0.15, 0.2) is 5.75 Å². The van der Waals surface area contributed by atoms with Crippen molar-refractivity contribution in [2.75, 3.05) is 14.2 Å². The Morgan fingerprint density at radius 1 is 1.13 bits per heavy atom. The van der Waals surface area contributed by atoms with E-state index in [0.717, 1.165) is 0 Å². The van der Waals surface area contributed by atoms with Crippen molar-refractivity contribution in [1.82, 2.24) is 15.4 Å². The van der Waals surface area contributed by atoms with Crippen LogP contribution in [-0.4, -0.2) is 36.3 Å². The van der Waals surface area contributed by atoms with E-state index in [0.29, 0.717) is 16.8 Å². The molecule has 1 aromatic heterocycles. The average molecular weight is 447 g/mol. The van der Waals surface area contributed by atoms with E-state index >= 15 is 0 Å². The number of carbonyl (C=O) groups excluding carboxylic acids is 1. The molecule has 2 N–H and O–H groups in total. The zero-order valence-corrected chi connectivity index (χ0v) is 17.4. The summed E-state index contributed by atoms with van der Waals surface area (Å²) in [5.41, 5.74) is 3.17. The molecule has 0 radical (unpaired) electrons. The SMILES string of the molecule is COc1c(Cl)cc(/C=N/NC(=O)c2cc(-c3ccccc3)nc(=O)[nH]2)c(OC)c1Cl. The maximum atomic E-state index is 12.4. The van der Waals surface area contributed by atoms with E-state index in [-0.39, 0.29) is 27.2 Å². The maximum Gasteiger partial charge on any atom is 0.346 e. The second kappa shape index (κ2) is 9.43. The molecule has 3 rings (SSSR count). The van der Waals surface area contributed by atoms with Crippen molar-refractivity contribution < 1.29 is 14.3 Å². The minimum absolute atomic E-state index is 0.00348. The number of hydrogen-bond donors (Lipinski definition) is 2. The molecule has 0 bridgehead atoms. The van der Waals surface area contributed by atoms with Crippen molar-refractivity contribution >= 4 is 35.3 Å². The average Bonchev–Trinajstić information content (AvgIpc) is 2.74. The van der Waals surface area contributed by atoms with E-state index in [1.54, 1.807) is 24.3 Å². The number of carbonyl (C=O) groups is 1. The largest absolute Gasteiger partial charge is 0.494 e. The number of aromatic nitrogens is 2. The Balaban J connectivity index is 1.84. The first-order valence-electron chi connectivity index (χ1n) is 8.54. The third-order valence-electron chi connectivity index (χ3n) is 4.00. The molecule has 1 heterocycles. The molecule has 2 aromatic carbocycles. The van der Waals surface area contributed by atoms with Crippen LogP contribution in [0.25, 0.3) is 11.3 Å². The molecule has 30 heavy (non-hydrogen) atoms. The first-order valence-corrected chi connectivity index (χ1v) is 9.30. The molecule has 0 aliphatic rings. The third-order valence-corrected chi connectivity index (χ3v) is 4.62. The van der Waals surface area contributed by atoms with Crippen LogP contribution >= 0.6 is 23.2 Å². The highest BCUT2D eigenvalue weighted by molar-refractivity contribution is 6.38. The van der Waals surface area contributed by atoms with Gasteiger partial charge in [0.1, 0.15) is 16.5 Å². The van der Waals surface area contributed by atoms with E-state index in [1.807, 2.05) is 6.07 Å². The number of hydrogen-bond acceptors (Lipinski definition) is 6. The molecule has 0 spiro atoms. The lowest BCUT2D eigenvalue weighted by Crippen LogP contribution is -2.24. The minimum atomic E-state index is -0.652. The number of benzene rings is 2. The molecule has 0 aliphatic heterocycles. The van der Waals surface area contributed by atoms with Gasteiger partial charge in [-0.25, -0.2) is 10.2 Å². The summed E-state index contributed by atoms with van der Waals surface area (Å²) in [7, 11) is 2.86. The minimum Gasteiger partial charge on any atom is -0.494 e. The molecule has 1 amide bonds. The smallest absolute Gasteiger partial charge is 0.346 e. The van der Waals surface area contributed by atoms with Gasteiger partial charge in [0.05, 0.1) is 31.2 Å². The van der Waals surface area contributed by atoms with Gasteiger partial charge in [0.25, 0.3) is 5.91 Å². The van der Waals surface area contributed by atoms with Crippen molar-refractivity contribution in [1.29, 1.82) is 0 Å². The lowest BCUT2D eigenvalue weighted by atomic mass is 10.1. The molecule has 0 saturated heterocycles. The van der Waals surface area contributed by atoms with Crippen LogP contribution in [0.3, 0.4) is 0 Å². The highest BCUT2D eigenvalue weighted by Crippen LogP contribution is 2.41. The summed E-state index contributed by atoms with van der Waals surface area (Å²) in [5.74, 6) is -0.0913. The fraction of sp³-hybridized carbons (Fsp3) is 0.100. The van der Waals surface area contributed by atoms with Crippen LogP contribution in [0, 0.1) is 0 Å². The number of amides is 1. The van der Waals surface area contributed by atoms with Crippen LogP contribution in [0.4, 0.5) is 0 Å². The van der Waals surface area contributed by atoms with Crippen molar-refractivity contribution in [3.63, 3.8) is 0 Å². The first kappa shape index (κ1) is 21.4. The van der Waals surface area contributed by atoms with Gasteiger partial charge in [-0.15, -0.1) is 0 Å². The summed E-state index contributed by atoms with van der Waals surface area (Å²) in [6.07, 6.45) is 1.31. The van der Waals surface area contributed by atoms with Crippen LogP contribution in [0.2, 0.25) is 10.0 Å². The second-order valence-corrected chi connectivity index (χ2v) is 6.66. The van der Waals surface area contributed by atoms with Gasteiger partial charge >= 0.3 is 5.69 Å². The highest BCUT2D eigenvalue weighted by Gasteiger charge is 2.17. The standard InChI is InChI=1S/C20H16Cl2N4O4/c1-29-17-12(8-13(21)18(30-2)16(17)22)10-23-26-19(27)15-9-14(24-20(28)25-15)11-6-4-3-5-7-11/h3-10H,1-2H3,(H,26,27)(H,24,25,28)/b23-10+. The number of nitrogens with one attached hydrogen (secondary N) is 2. The third kappa shape index (κ3) is 4.61. The summed E-state index contributed by atoms with van der Waals surface area (Å²) in [6, 6.07) is 12.0. The molecule has 0 saturated carbocycles. The fourth-order valence-electron chi connectivity index (χ4n) is 2.65. The molecule has 0 aliphatic carbocycles. The zero-order chi connectivity index (χ0) is 21.7. The van der Waals surface area contributed by atoms with Crippen LogP contribution < -0.4 is 20.6 Å². The van der Waals surface area contributed by atoms with Gasteiger partial charge in [-0.3, -0.25) is 4.79 Å². The normalized spacial score (nSPS) is 10.8. The summed E-state index contributed by atoms with van der Waals surface area (Å²) < 4.78 is 10.4. The number of nitrogens with zero attached hydrogens (tertiary/aromatic N) is 2. The number of hydrazone groups is 1. The zero-order valence-electron chi connectivity index (χ0n) is 15.9. The molecular weight excluding hydrogens is 431 g/mol. The Morgan fingerprint density at radius 3 is 2.50 bits per heavy atom. The molecule has 3 aromatic rings. The van der Waals surface area contributed by atoms with E-state index < -0.39 is 11.6 Å². The summed E-state index contributed by atoms with van der Waals surface area (Å²) in [6.45, 7) is 0. The predicted molar refractivity (Wildman–Crippen MR) is 115 cm³/mol. The van der Waals surface area contributed by atoms with Gasteiger partial charge in [-0.1, -0.05) is 53.5 Å². The fourth-order valence-corrected chi connectivity index (χ4v) is 3.35. The molecule has 10 heteroatoms. The number of rotatable bonds is 6. The Hall–Kier alpha value is -3.36. The molecule has 154 valence electrons. The first-order chi connectivity index (χ1) is 14.4. The monoisotopic (exact) mass is 446 g/mol. The summed E-state index contributed by atoms with van der Waals surface area (Å²) in [5, 5.41) is 4.32. The van der Waals surface area contributed by atoms with Gasteiger partial charge in [-0.2, -0.15) is 10.1 Å². The summed E-state index contributed by atoms with van der Waals surface area (Å²) in [4.78, 5) is 30.6. The van der Waals surface area contributed by atoms with Gasteiger partial charge in [-0.05, 0) is 12.1 Å². The van der Waals surface area contributed by atoms with E-state index in [4.69, 9.17) is 32.7 Å². The van der Waals surface area contributed by atoms with Crippen molar-refractivity contribution in [2.24, 2.45) is 5.10 Å². The predicted octanol–water partition coefficient (Wildman–Crippen LogP) is 3.52. The highest BCUT2D eigenvalue weighted by atomic mass is 35.5. The number of halogens is 2. The molecule has 0 atom stereocenters. The second-order valence-electron chi connectivity index (χ2n) is 5.88. The Morgan fingerprint density at radius 2 is 1.83 bits per heavy atom. The van der Waals surface area contributed by atoms with Crippen molar-refractivity contribution in [3.05, 3.63) is 74.3 Å². The topological polar surface area (TPSA) is 106 Å². The van der Waals surface area contributed by atoms with Crippen LogP contribution in [0.1, 0.15) is 16.1 Å². The van der Waals surface area contributed by atoms with Gasteiger partial charge in [0.2, 0.25) is 0 Å². The van der Waals surface area contributed by atoms with E-state index in [2.05, 4.69) is 20.5 Å². The lowest BCUT2D eigenvalue weighted by molar-refractivity contribution is 0.0949. The Bertz CT molecular complexity index is 1160.